The number of rotatable bonds is 4. The van der Waals surface area contributed by atoms with Crippen LogP contribution in [-0.4, -0.2) is 0 Å². The van der Waals surface area contributed by atoms with Gasteiger partial charge in [-0.15, -0.1) is 11.3 Å². The van der Waals surface area contributed by atoms with E-state index < -0.39 is 0 Å². The van der Waals surface area contributed by atoms with Gasteiger partial charge >= 0.3 is 0 Å². The number of hydrogen-bond donors (Lipinski definition) is 1. The minimum absolute atomic E-state index is 0.801. The standard InChI is InChI=1S/C10H9BrClNOS/c11-9-3-8(15-10(9)12)5-13-4-7-1-2-14-6-7/h1-3,6,13H,4-5H2. The van der Waals surface area contributed by atoms with Crippen LogP contribution in [0.15, 0.2) is 33.5 Å². The van der Waals surface area contributed by atoms with Crippen molar-refractivity contribution in [3.63, 3.8) is 0 Å². The first-order chi connectivity index (χ1) is 7.25. The van der Waals surface area contributed by atoms with Gasteiger partial charge in [0.25, 0.3) is 0 Å². The molecule has 0 aliphatic carbocycles. The van der Waals surface area contributed by atoms with Crippen molar-refractivity contribution in [1.82, 2.24) is 5.32 Å². The molecule has 0 fully saturated rings. The molecule has 0 radical (unpaired) electrons. The lowest BCUT2D eigenvalue weighted by Gasteiger charge is -1.99. The van der Waals surface area contributed by atoms with Crippen molar-refractivity contribution >= 4 is 38.9 Å². The summed E-state index contributed by atoms with van der Waals surface area (Å²) >= 11 is 10.9. The summed E-state index contributed by atoms with van der Waals surface area (Å²) in [6.45, 7) is 1.63. The van der Waals surface area contributed by atoms with Crippen molar-refractivity contribution in [3.05, 3.63) is 43.9 Å². The first kappa shape index (κ1) is 11.2. The van der Waals surface area contributed by atoms with Crippen molar-refractivity contribution in [2.24, 2.45) is 0 Å². The number of hydrogen-bond acceptors (Lipinski definition) is 3. The van der Waals surface area contributed by atoms with E-state index in [1.54, 1.807) is 23.9 Å². The lowest BCUT2D eigenvalue weighted by molar-refractivity contribution is 0.560. The van der Waals surface area contributed by atoms with Crippen molar-refractivity contribution in [3.8, 4) is 0 Å². The summed E-state index contributed by atoms with van der Waals surface area (Å²) in [4.78, 5) is 1.22. The van der Waals surface area contributed by atoms with Gasteiger partial charge in [-0.1, -0.05) is 11.6 Å². The monoisotopic (exact) mass is 305 g/mol. The normalized spacial score (nSPS) is 10.8. The Morgan fingerprint density at radius 2 is 2.33 bits per heavy atom. The minimum atomic E-state index is 0.801. The van der Waals surface area contributed by atoms with Crippen LogP contribution in [0.5, 0.6) is 0 Å². The minimum Gasteiger partial charge on any atom is -0.472 e. The van der Waals surface area contributed by atoms with Gasteiger partial charge in [0.2, 0.25) is 0 Å². The Morgan fingerprint density at radius 1 is 1.47 bits per heavy atom. The molecule has 5 heteroatoms. The van der Waals surface area contributed by atoms with Crippen LogP contribution >= 0.6 is 38.9 Å². The van der Waals surface area contributed by atoms with Crippen LogP contribution in [0.3, 0.4) is 0 Å². The Morgan fingerprint density at radius 3 is 2.93 bits per heavy atom. The van der Waals surface area contributed by atoms with Crippen LogP contribution in [0.1, 0.15) is 10.4 Å². The molecule has 0 atom stereocenters. The molecule has 80 valence electrons. The Kier molecular flexibility index (Phi) is 3.86. The third-order valence-electron chi connectivity index (χ3n) is 1.90. The molecule has 0 saturated heterocycles. The van der Waals surface area contributed by atoms with Gasteiger partial charge in [-0.2, -0.15) is 0 Å². The van der Waals surface area contributed by atoms with Crippen molar-refractivity contribution in [1.29, 1.82) is 0 Å². The summed E-state index contributed by atoms with van der Waals surface area (Å²) in [7, 11) is 0. The van der Waals surface area contributed by atoms with Gasteiger partial charge in [0, 0.05) is 28.0 Å². The fourth-order valence-corrected chi connectivity index (χ4v) is 2.96. The summed E-state index contributed by atoms with van der Waals surface area (Å²) in [5, 5.41) is 3.32. The second-order valence-electron chi connectivity index (χ2n) is 3.07. The molecule has 0 aliphatic heterocycles. The van der Waals surface area contributed by atoms with E-state index in [2.05, 4.69) is 21.2 Å². The molecule has 0 aliphatic rings. The lowest BCUT2D eigenvalue weighted by Crippen LogP contribution is -2.10. The molecule has 2 nitrogen and oxygen atoms in total. The third kappa shape index (κ3) is 3.08. The predicted octanol–water partition coefficient (Wildman–Crippen LogP) is 4.05. The fourth-order valence-electron chi connectivity index (χ4n) is 1.20. The smallest absolute Gasteiger partial charge is 0.107 e. The SMILES string of the molecule is Clc1sc(CNCc2ccoc2)cc1Br. The van der Waals surface area contributed by atoms with Crippen molar-refractivity contribution in [2.45, 2.75) is 13.1 Å². The summed E-state index contributed by atoms with van der Waals surface area (Å²) in [5.74, 6) is 0. The zero-order chi connectivity index (χ0) is 10.7. The van der Waals surface area contributed by atoms with Crippen LogP contribution in [0.25, 0.3) is 0 Å². The quantitative estimate of drug-likeness (QED) is 0.922. The van der Waals surface area contributed by atoms with E-state index in [1.165, 1.54) is 4.88 Å². The van der Waals surface area contributed by atoms with Gasteiger partial charge in [-0.05, 0) is 28.1 Å². The fraction of sp³-hybridized carbons (Fsp3) is 0.200. The predicted molar refractivity (Wildman–Crippen MR) is 66.3 cm³/mol. The number of nitrogens with one attached hydrogen (secondary N) is 1. The molecular weight excluding hydrogens is 298 g/mol. The van der Waals surface area contributed by atoms with E-state index in [1.807, 2.05) is 12.1 Å². The first-order valence-electron chi connectivity index (χ1n) is 4.41. The van der Waals surface area contributed by atoms with Crippen LogP contribution in [0.2, 0.25) is 4.34 Å². The Hall–Kier alpha value is -0.290. The summed E-state index contributed by atoms with van der Waals surface area (Å²) in [6, 6.07) is 3.99. The first-order valence-corrected chi connectivity index (χ1v) is 6.40. The van der Waals surface area contributed by atoms with E-state index in [9.17, 15) is 0 Å². The van der Waals surface area contributed by atoms with Crippen LogP contribution in [0, 0.1) is 0 Å². The van der Waals surface area contributed by atoms with E-state index in [-0.39, 0.29) is 0 Å². The van der Waals surface area contributed by atoms with Crippen LogP contribution < -0.4 is 5.32 Å². The molecule has 0 aromatic carbocycles. The molecule has 2 aromatic rings. The topological polar surface area (TPSA) is 25.2 Å². The number of halogens is 2. The maximum absolute atomic E-state index is 5.94. The molecule has 0 bridgehead atoms. The van der Waals surface area contributed by atoms with E-state index in [4.69, 9.17) is 16.0 Å². The highest BCUT2D eigenvalue weighted by molar-refractivity contribution is 9.10. The zero-order valence-corrected chi connectivity index (χ0v) is 11.0. The zero-order valence-electron chi connectivity index (χ0n) is 7.80. The van der Waals surface area contributed by atoms with Gasteiger partial charge in [-0.25, -0.2) is 0 Å². The maximum Gasteiger partial charge on any atom is 0.107 e. The van der Waals surface area contributed by atoms with Crippen molar-refractivity contribution < 1.29 is 4.42 Å². The highest BCUT2D eigenvalue weighted by Gasteiger charge is 2.03. The largest absolute Gasteiger partial charge is 0.472 e. The van der Waals surface area contributed by atoms with Gasteiger partial charge in [0.15, 0.2) is 0 Å². The average Bonchev–Trinajstić information content (AvgIpc) is 2.79. The molecule has 0 spiro atoms. The molecule has 0 amide bonds. The second-order valence-corrected chi connectivity index (χ2v) is 5.66. The van der Waals surface area contributed by atoms with Crippen LogP contribution in [-0.2, 0) is 13.1 Å². The Bertz CT molecular complexity index is 407. The van der Waals surface area contributed by atoms with Gasteiger partial charge in [0.05, 0.1) is 12.5 Å². The number of furan rings is 1. The summed E-state index contributed by atoms with van der Waals surface area (Å²) < 4.78 is 6.74. The molecule has 15 heavy (non-hydrogen) atoms. The van der Waals surface area contributed by atoms with Gasteiger partial charge in [0.1, 0.15) is 4.34 Å². The molecular formula is C10H9BrClNOS. The third-order valence-corrected chi connectivity index (χ3v) is 4.38. The lowest BCUT2D eigenvalue weighted by atomic mass is 10.3. The van der Waals surface area contributed by atoms with Crippen molar-refractivity contribution in [2.75, 3.05) is 0 Å². The summed E-state index contributed by atoms with van der Waals surface area (Å²) in [6.07, 6.45) is 3.42. The maximum atomic E-state index is 5.94. The Balaban J connectivity index is 1.83. The molecule has 2 aromatic heterocycles. The summed E-state index contributed by atoms with van der Waals surface area (Å²) in [5.41, 5.74) is 1.15. The highest BCUT2D eigenvalue weighted by atomic mass is 79.9. The van der Waals surface area contributed by atoms with E-state index in [0.717, 1.165) is 27.5 Å². The number of thiophene rings is 1. The van der Waals surface area contributed by atoms with E-state index in [0.29, 0.717) is 0 Å². The molecule has 1 N–H and O–H groups in total. The molecule has 0 unspecified atom stereocenters. The molecule has 0 saturated carbocycles. The van der Waals surface area contributed by atoms with E-state index >= 15 is 0 Å². The van der Waals surface area contributed by atoms with Crippen LogP contribution in [0.4, 0.5) is 0 Å². The highest BCUT2D eigenvalue weighted by Crippen LogP contribution is 2.31. The van der Waals surface area contributed by atoms with Gasteiger partial charge in [-0.3, -0.25) is 0 Å². The average molecular weight is 307 g/mol. The van der Waals surface area contributed by atoms with Gasteiger partial charge < -0.3 is 9.73 Å². The Labute approximate surface area is 105 Å². The second kappa shape index (κ2) is 5.16. The molecule has 2 rings (SSSR count). The molecule has 2 heterocycles.